The van der Waals surface area contributed by atoms with Crippen molar-refractivity contribution in [1.29, 1.82) is 0 Å². The highest BCUT2D eigenvalue weighted by atomic mass is 16.1. The van der Waals surface area contributed by atoms with E-state index in [2.05, 4.69) is 39.1 Å². The summed E-state index contributed by atoms with van der Waals surface area (Å²) in [5.41, 5.74) is 5.58. The van der Waals surface area contributed by atoms with Crippen LogP contribution < -0.4 is 10.5 Å². The minimum absolute atomic E-state index is 0.0508. The van der Waals surface area contributed by atoms with Crippen LogP contribution in [-0.2, 0) is 25.8 Å². The molecule has 5 heteroatoms. The number of H-pyrrole nitrogens is 1. The predicted octanol–water partition coefficient (Wildman–Crippen LogP) is 2.76. The van der Waals surface area contributed by atoms with E-state index in [1.807, 2.05) is 6.20 Å². The molecule has 0 fully saturated rings. The van der Waals surface area contributed by atoms with Gasteiger partial charge in [0, 0.05) is 19.3 Å². The van der Waals surface area contributed by atoms with Crippen molar-refractivity contribution in [3.05, 3.63) is 63.1 Å². The lowest BCUT2D eigenvalue weighted by molar-refractivity contribution is 0.685. The first-order valence-corrected chi connectivity index (χ1v) is 9.02. The van der Waals surface area contributed by atoms with Gasteiger partial charge < -0.3 is 4.90 Å². The summed E-state index contributed by atoms with van der Waals surface area (Å²) >= 11 is 0. The number of hydrogen-bond acceptors (Lipinski definition) is 4. The van der Waals surface area contributed by atoms with Gasteiger partial charge in [0.25, 0.3) is 5.56 Å². The van der Waals surface area contributed by atoms with E-state index in [1.54, 1.807) is 0 Å². The van der Waals surface area contributed by atoms with Crippen molar-refractivity contribution in [2.45, 2.75) is 38.6 Å². The summed E-state index contributed by atoms with van der Waals surface area (Å²) in [5, 5.41) is 0.693. The van der Waals surface area contributed by atoms with Crippen LogP contribution in [0.5, 0.6) is 0 Å². The Morgan fingerprint density at radius 2 is 1.84 bits per heavy atom. The van der Waals surface area contributed by atoms with Crippen LogP contribution in [0.3, 0.4) is 0 Å². The maximum absolute atomic E-state index is 12.8. The molecule has 2 aromatic heterocycles. The third-order valence-electron chi connectivity index (χ3n) is 5.47. The lowest BCUT2D eigenvalue weighted by Gasteiger charge is -2.29. The van der Waals surface area contributed by atoms with Crippen molar-refractivity contribution in [1.82, 2.24) is 15.0 Å². The normalized spacial score (nSPS) is 16.6. The highest BCUT2D eigenvalue weighted by Gasteiger charge is 2.21. The molecular weight excluding hydrogens is 312 g/mol. The number of fused-ring (bicyclic) bond motifs is 4. The second-order valence-corrected chi connectivity index (χ2v) is 7.00. The Morgan fingerprint density at radius 1 is 1.00 bits per heavy atom. The van der Waals surface area contributed by atoms with Gasteiger partial charge >= 0.3 is 0 Å². The molecule has 0 radical (unpaired) electrons. The summed E-state index contributed by atoms with van der Waals surface area (Å²) in [7, 11) is 0. The number of aryl methyl sites for hydroxylation is 2. The summed E-state index contributed by atoms with van der Waals surface area (Å²) in [4.78, 5) is 27.2. The average Bonchev–Trinajstić information content (AvgIpc) is 2.67. The number of hydrogen-bond donors (Lipinski definition) is 1. The fourth-order valence-electron chi connectivity index (χ4n) is 4.14. The van der Waals surface area contributed by atoms with Gasteiger partial charge in [-0.25, -0.2) is 4.98 Å². The van der Waals surface area contributed by atoms with E-state index in [9.17, 15) is 4.79 Å². The first-order valence-electron chi connectivity index (χ1n) is 9.02. The number of anilines is 1. The Morgan fingerprint density at radius 3 is 2.76 bits per heavy atom. The van der Waals surface area contributed by atoms with Crippen molar-refractivity contribution in [3.63, 3.8) is 0 Å². The van der Waals surface area contributed by atoms with Crippen molar-refractivity contribution in [2.75, 3.05) is 11.4 Å². The fraction of sp³-hybridized carbons (Fsp3) is 0.350. The molecule has 0 amide bonds. The van der Waals surface area contributed by atoms with Gasteiger partial charge in [0.15, 0.2) is 5.65 Å². The van der Waals surface area contributed by atoms with Crippen molar-refractivity contribution >= 4 is 17.0 Å². The van der Waals surface area contributed by atoms with Crippen molar-refractivity contribution < 1.29 is 0 Å². The minimum Gasteiger partial charge on any atom is -0.338 e. The van der Waals surface area contributed by atoms with Gasteiger partial charge in [0.2, 0.25) is 5.95 Å². The lowest BCUT2D eigenvalue weighted by Crippen LogP contribution is -2.33. The van der Waals surface area contributed by atoms with E-state index >= 15 is 0 Å². The second-order valence-electron chi connectivity index (χ2n) is 7.00. The zero-order chi connectivity index (χ0) is 16.8. The van der Waals surface area contributed by atoms with E-state index in [0.717, 1.165) is 44.3 Å². The first-order chi connectivity index (χ1) is 12.3. The molecule has 0 saturated heterocycles. The van der Waals surface area contributed by atoms with Gasteiger partial charge in [-0.2, -0.15) is 4.98 Å². The lowest BCUT2D eigenvalue weighted by atomic mass is 9.91. The smallest absolute Gasteiger partial charge is 0.262 e. The Bertz CT molecular complexity index is 1020. The summed E-state index contributed by atoms with van der Waals surface area (Å²) in [6.07, 6.45) is 7.17. The maximum atomic E-state index is 12.8. The summed E-state index contributed by atoms with van der Waals surface area (Å²) in [6, 6.07) is 8.47. The quantitative estimate of drug-likeness (QED) is 0.744. The Kier molecular flexibility index (Phi) is 3.33. The van der Waals surface area contributed by atoms with Crippen LogP contribution in [-0.4, -0.2) is 21.5 Å². The Labute approximate surface area is 145 Å². The van der Waals surface area contributed by atoms with Gasteiger partial charge in [-0.15, -0.1) is 0 Å². The number of nitrogens with one attached hydrogen (secondary N) is 1. The molecule has 1 aliphatic heterocycles. The van der Waals surface area contributed by atoms with Gasteiger partial charge in [0.1, 0.15) is 0 Å². The van der Waals surface area contributed by atoms with Crippen molar-refractivity contribution in [3.8, 4) is 0 Å². The van der Waals surface area contributed by atoms with Crippen molar-refractivity contribution in [2.24, 2.45) is 0 Å². The molecule has 3 heterocycles. The fourth-order valence-corrected chi connectivity index (χ4v) is 4.14. The number of aromatic amines is 1. The largest absolute Gasteiger partial charge is 0.338 e. The topological polar surface area (TPSA) is 61.9 Å². The van der Waals surface area contributed by atoms with E-state index in [1.165, 1.54) is 23.1 Å². The molecule has 2 aliphatic rings. The standard InChI is InChI=1S/C20H20N4O/c25-19-17-16-8-4-3-6-14(16)11-21-18(17)22-20(23-19)24-10-9-13-5-1-2-7-15(13)12-24/h1-2,5,7,11H,3-4,6,8-10,12H2,(H,21,22,23,25). The van der Waals surface area contributed by atoms with Crippen LogP contribution >= 0.6 is 0 Å². The molecular formula is C20H20N4O. The Hall–Kier alpha value is -2.69. The van der Waals surface area contributed by atoms with Gasteiger partial charge in [0.05, 0.1) is 5.39 Å². The van der Waals surface area contributed by atoms with E-state index in [-0.39, 0.29) is 5.56 Å². The molecule has 5 rings (SSSR count). The van der Waals surface area contributed by atoms with Crippen LogP contribution in [0.25, 0.3) is 11.0 Å². The molecule has 5 nitrogen and oxygen atoms in total. The number of pyridine rings is 1. The SMILES string of the molecule is O=c1[nH]c(N2CCc3ccccc3C2)nc2ncc3c(c12)CCCC3. The van der Waals surface area contributed by atoms with Crippen LogP contribution in [0, 0.1) is 0 Å². The first kappa shape index (κ1) is 14.6. The average molecular weight is 332 g/mol. The highest BCUT2D eigenvalue weighted by molar-refractivity contribution is 5.80. The molecule has 25 heavy (non-hydrogen) atoms. The minimum atomic E-state index is -0.0508. The number of benzene rings is 1. The molecule has 126 valence electrons. The zero-order valence-corrected chi connectivity index (χ0v) is 14.1. The molecule has 1 aliphatic carbocycles. The highest BCUT2D eigenvalue weighted by Crippen LogP contribution is 2.26. The van der Waals surface area contributed by atoms with Gasteiger partial charge in [-0.3, -0.25) is 9.78 Å². The third kappa shape index (κ3) is 2.42. The molecule has 0 bridgehead atoms. The Balaban J connectivity index is 1.59. The number of aromatic nitrogens is 3. The molecule has 1 aromatic carbocycles. The molecule has 3 aromatic rings. The van der Waals surface area contributed by atoms with Crippen LogP contribution in [0.4, 0.5) is 5.95 Å². The third-order valence-corrected chi connectivity index (χ3v) is 5.47. The molecule has 0 atom stereocenters. The van der Waals surface area contributed by atoms with Crippen LogP contribution in [0.1, 0.15) is 35.1 Å². The molecule has 1 N–H and O–H groups in total. The zero-order valence-electron chi connectivity index (χ0n) is 14.1. The predicted molar refractivity (Wildman–Crippen MR) is 98.0 cm³/mol. The summed E-state index contributed by atoms with van der Waals surface area (Å²) in [5.74, 6) is 0.635. The second kappa shape index (κ2) is 5.69. The molecule has 0 unspecified atom stereocenters. The van der Waals surface area contributed by atoms with Gasteiger partial charge in [-0.1, -0.05) is 24.3 Å². The van der Waals surface area contributed by atoms with E-state index in [4.69, 9.17) is 4.98 Å². The van der Waals surface area contributed by atoms with Crippen LogP contribution in [0.15, 0.2) is 35.3 Å². The molecule has 0 saturated carbocycles. The van der Waals surface area contributed by atoms with Gasteiger partial charge in [-0.05, 0) is 54.4 Å². The summed E-state index contributed by atoms with van der Waals surface area (Å²) < 4.78 is 0. The monoisotopic (exact) mass is 332 g/mol. The number of nitrogens with zero attached hydrogens (tertiary/aromatic N) is 3. The maximum Gasteiger partial charge on any atom is 0.262 e. The summed E-state index contributed by atoms with van der Waals surface area (Å²) in [6.45, 7) is 1.63. The molecule has 0 spiro atoms. The van der Waals surface area contributed by atoms with Crippen LogP contribution in [0.2, 0.25) is 0 Å². The van der Waals surface area contributed by atoms with E-state index < -0.39 is 0 Å². The van der Waals surface area contributed by atoms with E-state index in [0.29, 0.717) is 17.0 Å². The number of rotatable bonds is 1.